The average molecular weight is 246 g/mol. The smallest absolute Gasteiger partial charge is 0.325 e. The van der Waals surface area contributed by atoms with Crippen LogP contribution in [0.2, 0.25) is 0 Å². The quantitative estimate of drug-likeness (QED) is 0.746. The maximum atomic E-state index is 5.13. The van der Waals surface area contributed by atoms with Crippen molar-refractivity contribution in [2.75, 3.05) is 18.5 Å². The molecule has 0 aromatic carbocycles. The molecule has 1 aromatic rings. The molecule has 18 heavy (non-hydrogen) atoms. The van der Waals surface area contributed by atoms with E-state index in [9.17, 15) is 0 Å². The number of nitrogens with zero attached hydrogens (tertiary/aromatic N) is 3. The Bertz CT molecular complexity index is 438. The second kappa shape index (κ2) is 6.97. The molecule has 1 N–H and O–H groups in total. The van der Waals surface area contributed by atoms with E-state index < -0.39 is 0 Å². The Kier molecular flexibility index (Phi) is 5.27. The van der Waals surface area contributed by atoms with Crippen LogP contribution in [0.25, 0.3) is 0 Å². The van der Waals surface area contributed by atoms with Gasteiger partial charge >= 0.3 is 12.0 Å². The lowest BCUT2D eigenvalue weighted by Crippen LogP contribution is -2.14. The third kappa shape index (κ3) is 4.58. The molecule has 0 fully saturated rings. The molecule has 94 valence electrons. The molecule has 0 radical (unpaired) electrons. The van der Waals surface area contributed by atoms with E-state index in [0.29, 0.717) is 5.95 Å². The van der Waals surface area contributed by atoms with Crippen LogP contribution in [0.3, 0.4) is 0 Å². The van der Waals surface area contributed by atoms with Crippen molar-refractivity contribution >= 4 is 5.95 Å². The summed E-state index contributed by atoms with van der Waals surface area (Å²) in [7, 11) is 0. The number of anilines is 1. The van der Waals surface area contributed by atoms with Gasteiger partial charge in [-0.2, -0.15) is 9.97 Å². The van der Waals surface area contributed by atoms with E-state index in [1.54, 1.807) is 0 Å². The van der Waals surface area contributed by atoms with Crippen LogP contribution in [-0.2, 0) is 0 Å². The van der Waals surface area contributed by atoms with Gasteiger partial charge in [-0.25, -0.2) is 0 Å². The molecular formula is C12H14N4O2. The van der Waals surface area contributed by atoms with Gasteiger partial charge in [0.25, 0.3) is 0 Å². The molecule has 0 unspecified atom stereocenters. The lowest BCUT2D eigenvalue weighted by molar-refractivity contribution is 0.304. The molecule has 0 amide bonds. The second-order valence-electron chi connectivity index (χ2n) is 3.51. The molecule has 0 saturated heterocycles. The van der Waals surface area contributed by atoms with Crippen LogP contribution in [0.4, 0.5) is 5.95 Å². The maximum absolute atomic E-state index is 5.13. The zero-order chi connectivity index (χ0) is 13.4. The Balaban J connectivity index is 2.89. The number of hydrogen-bond donors (Lipinski definition) is 1. The van der Waals surface area contributed by atoms with Crippen molar-refractivity contribution in [3.05, 3.63) is 0 Å². The first-order valence-corrected chi connectivity index (χ1v) is 5.31. The first-order valence-electron chi connectivity index (χ1n) is 5.31. The highest BCUT2D eigenvalue weighted by molar-refractivity contribution is 5.28. The highest BCUT2D eigenvalue weighted by atomic mass is 16.5. The van der Waals surface area contributed by atoms with Crippen LogP contribution in [0.1, 0.15) is 13.8 Å². The van der Waals surface area contributed by atoms with Crippen molar-refractivity contribution in [2.45, 2.75) is 19.9 Å². The largest absolute Gasteiger partial charge is 0.450 e. The summed E-state index contributed by atoms with van der Waals surface area (Å²) in [6.07, 6.45) is 10.2. The van der Waals surface area contributed by atoms with Crippen LogP contribution in [0, 0.1) is 24.7 Å². The standard InChI is InChI=1S/C12H14N4O2/c1-5-7-17-11-14-10(13-9(3)4)15-12(16-11)18-8-6-2/h1-2,9H,7-8H2,3-4H3,(H,13,14,15,16). The van der Waals surface area contributed by atoms with E-state index in [-0.39, 0.29) is 31.3 Å². The van der Waals surface area contributed by atoms with Crippen molar-refractivity contribution in [3.63, 3.8) is 0 Å². The molecule has 0 bridgehead atoms. The second-order valence-corrected chi connectivity index (χ2v) is 3.51. The fourth-order valence-electron chi connectivity index (χ4n) is 1.00. The molecule has 0 spiro atoms. The van der Waals surface area contributed by atoms with Crippen LogP contribution >= 0.6 is 0 Å². The van der Waals surface area contributed by atoms with Crippen LogP contribution in [0.15, 0.2) is 0 Å². The molecule has 0 aliphatic heterocycles. The fourth-order valence-corrected chi connectivity index (χ4v) is 1.00. The molecule has 0 aliphatic rings. The number of ether oxygens (including phenoxy) is 2. The summed E-state index contributed by atoms with van der Waals surface area (Å²) < 4.78 is 10.3. The van der Waals surface area contributed by atoms with Crippen molar-refractivity contribution < 1.29 is 9.47 Å². The van der Waals surface area contributed by atoms with E-state index >= 15 is 0 Å². The van der Waals surface area contributed by atoms with Gasteiger partial charge < -0.3 is 14.8 Å². The molecule has 6 nitrogen and oxygen atoms in total. The third-order valence-corrected chi connectivity index (χ3v) is 1.58. The van der Waals surface area contributed by atoms with Crippen molar-refractivity contribution in [2.24, 2.45) is 0 Å². The number of hydrogen-bond acceptors (Lipinski definition) is 6. The molecular weight excluding hydrogens is 232 g/mol. The third-order valence-electron chi connectivity index (χ3n) is 1.58. The molecule has 0 aliphatic carbocycles. The van der Waals surface area contributed by atoms with Gasteiger partial charge in [-0.05, 0) is 13.8 Å². The predicted molar refractivity (Wildman–Crippen MR) is 67.2 cm³/mol. The van der Waals surface area contributed by atoms with Gasteiger partial charge in [0.15, 0.2) is 13.2 Å². The van der Waals surface area contributed by atoms with E-state index in [4.69, 9.17) is 22.3 Å². The number of aromatic nitrogens is 3. The lowest BCUT2D eigenvalue weighted by atomic mass is 10.4. The minimum Gasteiger partial charge on any atom is -0.450 e. The predicted octanol–water partition coefficient (Wildman–Crippen LogP) is 0.716. The number of nitrogens with one attached hydrogen (secondary N) is 1. The SMILES string of the molecule is C#CCOc1nc(NC(C)C)nc(OCC#C)n1. The summed E-state index contributed by atoms with van der Waals surface area (Å²) in [5.41, 5.74) is 0. The summed E-state index contributed by atoms with van der Waals surface area (Å²) in [5.74, 6) is 4.99. The zero-order valence-electron chi connectivity index (χ0n) is 10.3. The first-order chi connectivity index (χ1) is 8.65. The monoisotopic (exact) mass is 246 g/mol. The summed E-state index contributed by atoms with van der Waals surface area (Å²) in [4.78, 5) is 12.0. The fraction of sp³-hybridized carbons (Fsp3) is 0.417. The first kappa shape index (κ1) is 13.6. The minimum absolute atomic E-state index is 0.0692. The van der Waals surface area contributed by atoms with Crippen molar-refractivity contribution in [1.29, 1.82) is 0 Å². The molecule has 6 heteroatoms. The van der Waals surface area contributed by atoms with Crippen molar-refractivity contribution in [3.8, 4) is 36.7 Å². The Morgan fingerprint density at radius 2 is 1.56 bits per heavy atom. The van der Waals surface area contributed by atoms with E-state index in [1.165, 1.54) is 0 Å². The molecule has 1 heterocycles. The Labute approximate surface area is 106 Å². The Hall–Kier alpha value is -2.47. The lowest BCUT2D eigenvalue weighted by Gasteiger charge is -2.10. The van der Waals surface area contributed by atoms with Crippen LogP contribution in [0.5, 0.6) is 12.0 Å². The Morgan fingerprint density at radius 3 is 1.94 bits per heavy atom. The van der Waals surface area contributed by atoms with E-state index in [1.807, 2.05) is 13.8 Å². The summed E-state index contributed by atoms with van der Waals surface area (Å²) in [6, 6.07) is 0.351. The van der Waals surface area contributed by atoms with Gasteiger partial charge in [-0.1, -0.05) is 11.8 Å². The van der Waals surface area contributed by atoms with Gasteiger partial charge in [0.2, 0.25) is 5.95 Å². The molecule has 0 saturated carbocycles. The minimum atomic E-state index is 0.0692. The molecule has 1 aromatic heterocycles. The summed E-state index contributed by atoms with van der Waals surface area (Å²) >= 11 is 0. The van der Waals surface area contributed by atoms with Crippen LogP contribution in [-0.4, -0.2) is 34.2 Å². The van der Waals surface area contributed by atoms with E-state index in [2.05, 4.69) is 32.1 Å². The van der Waals surface area contributed by atoms with Gasteiger partial charge in [0.05, 0.1) is 0 Å². The van der Waals surface area contributed by atoms with Gasteiger partial charge in [-0.15, -0.1) is 17.8 Å². The van der Waals surface area contributed by atoms with E-state index in [0.717, 1.165) is 0 Å². The van der Waals surface area contributed by atoms with Gasteiger partial charge in [0, 0.05) is 6.04 Å². The highest BCUT2D eigenvalue weighted by Crippen LogP contribution is 2.13. The maximum Gasteiger partial charge on any atom is 0.325 e. The molecule has 0 atom stereocenters. The topological polar surface area (TPSA) is 69.2 Å². The van der Waals surface area contributed by atoms with Gasteiger partial charge in [0.1, 0.15) is 0 Å². The Morgan fingerprint density at radius 1 is 1.06 bits per heavy atom. The number of terminal acetylenes is 2. The molecule has 1 rings (SSSR count). The van der Waals surface area contributed by atoms with Crippen LogP contribution < -0.4 is 14.8 Å². The summed E-state index contributed by atoms with van der Waals surface area (Å²) in [6.45, 7) is 4.04. The summed E-state index contributed by atoms with van der Waals surface area (Å²) in [5, 5.41) is 3.01. The normalized spacial score (nSPS) is 9.39. The average Bonchev–Trinajstić information content (AvgIpc) is 2.33. The van der Waals surface area contributed by atoms with Gasteiger partial charge in [-0.3, -0.25) is 0 Å². The highest BCUT2D eigenvalue weighted by Gasteiger charge is 2.09. The zero-order valence-corrected chi connectivity index (χ0v) is 10.3. The number of rotatable bonds is 6. The van der Waals surface area contributed by atoms with Crippen molar-refractivity contribution in [1.82, 2.24) is 15.0 Å².